The van der Waals surface area contributed by atoms with E-state index < -0.39 is 0 Å². The van der Waals surface area contributed by atoms with E-state index in [1.807, 2.05) is 56.4 Å². The molecule has 0 aliphatic carbocycles. The third-order valence-corrected chi connectivity index (χ3v) is 10.1. The van der Waals surface area contributed by atoms with E-state index in [1.165, 1.54) is 0 Å². The first-order valence-electron chi connectivity index (χ1n) is 18.6. The number of likely N-dealkylation sites (N-methyl/N-ethyl adjacent to an activating group) is 2. The fourth-order valence-electron chi connectivity index (χ4n) is 7.06. The van der Waals surface area contributed by atoms with Gasteiger partial charge in [-0.05, 0) is 89.6 Å². The van der Waals surface area contributed by atoms with Crippen molar-refractivity contribution in [1.29, 1.82) is 0 Å². The van der Waals surface area contributed by atoms with Gasteiger partial charge in [0, 0.05) is 105 Å². The SMILES string of the molecule is CN(Cc1cn(C)c2ccccc12)C(=O)/C=C/c1cnc2c(c1)CCC(=O)N2.Cc1[nH]c2ccccc2c1CN(C)C(=O)/C=C/c1cnc2c(c1)CCC(=O)N2. The number of benzene rings is 2. The van der Waals surface area contributed by atoms with Crippen LogP contribution in [-0.4, -0.2) is 67.0 Å². The largest absolute Gasteiger partial charge is 0.358 e. The number of para-hydroxylation sites is 2. The molecule has 0 spiro atoms. The van der Waals surface area contributed by atoms with E-state index in [0.717, 1.165) is 60.9 Å². The average molecular weight is 749 g/mol. The number of anilines is 2. The molecule has 2 aliphatic heterocycles. The Balaban J connectivity index is 0.000000172. The van der Waals surface area contributed by atoms with Gasteiger partial charge in [0.05, 0.1) is 0 Å². The van der Waals surface area contributed by atoms with Gasteiger partial charge in [-0.15, -0.1) is 0 Å². The first-order valence-corrected chi connectivity index (χ1v) is 18.6. The van der Waals surface area contributed by atoms with Crippen molar-refractivity contribution in [3.8, 4) is 0 Å². The van der Waals surface area contributed by atoms with Crippen LogP contribution < -0.4 is 10.6 Å². The van der Waals surface area contributed by atoms with E-state index in [1.54, 1.807) is 60.6 Å². The molecular formula is C44H44N8O4. The Morgan fingerprint density at radius 2 is 1.29 bits per heavy atom. The number of hydrogen-bond acceptors (Lipinski definition) is 6. The van der Waals surface area contributed by atoms with Gasteiger partial charge in [0.2, 0.25) is 23.6 Å². The number of fused-ring (bicyclic) bond motifs is 4. The van der Waals surface area contributed by atoms with E-state index >= 15 is 0 Å². The highest BCUT2D eigenvalue weighted by Crippen LogP contribution is 2.25. The minimum absolute atomic E-state index is 0.00599. The standard InChI is InChI=1S/2C22H22N4O2/c1-25-13-17(18-5-3-4-6-19(18)25)14-26(2)21(28)10-7-15-11-16-8-9-20(27)24-22(16)23-12-15;1-14-18(17-5-3-4-6-19(17)24-14)13-26(2)21(28)10-7-15-11-16-8-9-20(27)25-22(16)23-12-15/h3-7,10-13H,8-9,14H2,1-2H3,(H,23,24,27);3-7,10-12,24H,8-9,13H2,1-2H3,(H,23,25,27)/b2*10-7+. The number of amides is 4. The normalized spacial score (nSPS) is 13.6. The summed E-state index contributed by atoms with van der Waals surface area (Å²) in [5, 5.41) is 7.83. The lowest BCUT2D eigenvalue weighted by Gasteiger charge is -2.16. The third-order valence-electron chi connectivity index (χ3n) is 10.1. The topological polar surface area (TPSA) is 145 Å². The van der Waals surface area contributed by atoms with Crippen LogP contribution >= 0.6 is 0 Å². The predicted octanol–water partition coefficient (Wildman–Crippen LogP) is 6.56. The number of aromatic nitrogens is 4. The summed E-state index contributed by atoms with van der Waals surface area (Å²) >= 11 is 0. The summed E-state index contributed by atoms with van der Waals surface area (Å²) in [4.78, 5) is 63.3. The molecule has 284 valence electrons. The molecule has 0 unspecified atom stereocenters. The Morgan fingerprint density at radius 3 is 1.89 bits per heavy atom. The van der Waals surface area contributed by atoms with E-state index in [2.05, 4.69) is 54.5 Å². The second-order valence-corrected chi connectivity index (χ2v) is 14.3. The minimum atomic E-state index is -0.0734. The van der Waals surface area contributed by atoms with Crippen molar-refractivity contribution in [2.24, 2.45) is 7.05 Å². The quantitative estimate of drug-likeness (QED) is 0.151. The van der Waals surface area contributed by atoms with Crippen LogP contribution in [0.15, 0.2) is 91.4 Å². The van der Waals surface area contributed by atoms with Gasteiger partial charge in [0.25, 0.3) is 0 Å². The smallest absolute Gasteiger partial charge is 0.246 e. The summed E-state index contributed by atoms with van der Waals surface area (Å²) in [5.74, 6) is 1.08. The molecule has 6 aromatic rings. The van der Waals surface area contributed by atoms with Crippen LogP contribution in [0.25, 0.3) is 34.0 Å². The number of carbonyl (C=O) groups is 4. The first-order chi connectivity index (χ1) is 27.0. The van der Waals surface area contributed by atoms with Gasteiger partial charge in [0.1, 0.15) is 11.6 Å². The lowest BCUT2D eigenvalue weighted by molar-refractivity contribution is -0.125. The van der Waals surface area contributed by atoms with Crippen LogP contribution in [-0.2, 0) is 52.2 Å². The summed E-state index contributed by atoms with van der Waals surface area (Å²) in [6.07, 6.45) is 14.3. The van der Waals surface area contributed by atoms with Crippen molar-refractivity contribution >= 4 is 69.2 Å². The second-order valence-electron chi connectivity index (χ2n) is 14.3. The van der Waals surface area contributed by atoms with E-state index in [4.69, 9.17) is 0 Å². The third kappa shape index (κ3) is 8.44. The zero-order valence-electron chi connectivity index (χ0n) is 31.9. The molecule has 8 rings (SSSR count). The van der Waals surface area contributed by atoms with Gasteiger partial charge in [-0.2, -0.15) is 0 Å². The lowest BCUT2D eigenvalue weighted by Crippen LogP contribution is -2.24. The molecule has 12 nitrogen and oxygen atoms in total. The number of rotatable bonds is 8. The molecule has 0 fully saturated rings. The monoisotopic (exact) mass is 748 g/mol. The molecule has 2 aromatic carbocycles. The predicted molar refractivity (Wildman–Crippen MR) is 219 cm³/mol. The lowest BCUT2D eigenvalue weighted by atomic mass is 10.0. The number of carbonyl (C=O) groups excluding carboxylic acids is 4. The summed E-state index contributed by atoms with van der Waals surface area (Å²) in [6.45, 7) is 3.10. The molecule has 2 aliphatic rings. The van der Waals surface area contributed by atoms with Crippen molar-refractivity contribution in [3.05, 3.63) is 130 Å². The molecule has 0 bridgehead atoms. The van der Waals surface area contributed by atoms with E-state index in [9.17, 15) is 19.2 Å². The highest BCUT2D eigenvalue weighted by atomic mass is 16.2. The fraction of sp³-hybridized carbons (Fsp3) is 0.227. The average Bonchev–Trinajstić information content (AvgIpc) is 3.69. The Hall–Kier alpha value is -6.82. The van der Waals surface area contributed by atoms with Crippen LogP contribution in [0.2, 0.25) is 0 Å². The summed E-state index contributed by atoms with van der Waals surface area (Å²) in [6, 6.07) is 20.2. The van der Waals surface area contributed by atoms with Crippen molar-refractivity contribution in [2.45, 2.75) is 45.7 Å². The Bertz CT molecular complexity index is 2540. The van der Waals surface area contributed by atoms with Crippen molar-refractivity contribution in [3.63, 3.8) is 0 Å². The Labute approximate surface area is 324 Å². The number of nitrogens with one attached hydrogen (secondary N) is 3. The van der Waals surface area contributed by atoms with Crippen LogP contribution in [0, 0.1) is 6.92 Å². The van der Waals surface area contributed by atoms with Gasteiger partial charge >= 0.3 is 0 Å². The van der Waals surface area contributed by atoms with Crippen LogP contribution in [0.4, 0.5) is 11.6 Å². The van der Waals surface area contributed by atoms with E-state index in [0.29, 0.717) is 50.4 Å². The number of nitrogens with zero attached hydrogens (tertiary/aromatic N) is 5. The maximum Gasteiger partial charge on any atom is 0.246 e. The maximum atomic E-state index is 12.6. The number of aryl methyl sites for hydroxylation is 4. The van der Waals surface area contributed by atoms with Crippen molar-refractivity contribution in [2.75, 3.05) is 24.7 Å². The molecule has 0 saturated heterocycles. The highest BCUT2D eigenvalue weighted by Gasteiger charge is 2.18. The fourth-order valence-corrected chi connectivity index (χ4v) is 7.06. The second kappa shape index (κ2) is 16.3. The van der Waals surface area contributed by atoms with Gasteiger partial charge in [-0.25, -0.2) is 9.97 Å². The maximum absolute atomic E-state index is 12.6. The Kier molecular flexibility index (Phi) is 10.9. The van der Waals surface area contributed by atoms with Gasteiger partial charge < -0.3 is 30.0 Å². The van der Waals surface area contributed by atoms with Gasteiger partial charge in [-0.1, -0.05) is 36.4 Å². The van der Waals surface area contributed by atoms with Crippen LogP contribution in [0.5, 0.6) is 0 Å². The molecule has 3 N–H and O–H groups in total. The summed E-state index contributed by atoms with van der Waals surface area (Å²) in [5.41, 5.74) is 9.25. The molecule has 0 atom stereocenters. The number of hydrogen-bond donors (Lipinski definition) is 3. The van der Waals surface area contributed by atoms with E-state index in [-0.39, 0.29) is 23.6 Å². The molecule has 56 heavy (non-hydrogen) atoms. The number of pyridine rings is 2. The molecule has 4 amide bonds. The molecule has 0 radical (unpaired) electrons. The number of aromatic amines is 1. The van der Waals surface area contributed by atoms with Crippen LogP contribution in [0.3, 0.4) is 0 Å². The summed E-state index contributed by atoms with van der Waals surface area (Å²) < 4.78 is 2.08. The summed E-state index contributed by atoms with van der Waals surface area (Å²) in [7, 11) is 5.61. The van der Waals surface area contributed by atoms with Gasteiger partial charge in [-0.3, -0.25) is 19.2 Å². The van der Waals surface area contributed by atoms with Gasteiger partial charge in [0.15, 0.2) is 0 Å². The highest BCUT2D eigenvalue weighted by molar-refractivity contribution is 5.95. The number of H-pyrrole nitrogens is 1. The zero-order chi connectivity index (χ0) is 39.3. The van der Waals surface area contributed by atoms with Crippen LogP contribution in [0.1, 0.15) is 51.9 Å². The van der Waals surface area contributed by atoms with Crippen molar-refractivity contribution in [1.82, 2.24) is 29.3 Å². The molecule has 0 saturated carbocycles. The molecular weight excluding hydrogens is 705 g/mol. The minimum Gasteiger partial charge on any atom is -0.358 e. The first kappa shape index (κ1) is 37.5. The molecule has 6 heterocycles. The molecule has 12 heteroatoms. The Morgan fingerprint density at radius 1 is 0.750 bits per heavy atom. The zero-order valence-corrected chi connectivity index (χ0v) is 31.9. The molecule has 4 aromatic heterocycles. The van der Waals surface area contributed by atoms with Crippen molar-refractivity contribution < 1.29 is 19.2 Å².